The average Bonchev–Trinajstić information content (AvgIpc) is 3.34. The van der Waals surface area contributed by atoms with Gasteiger partial charge in [-0.15, -0.1) is 0 Å². The topological polar surface area (TPSA) is 29.5 Å². The summed E-state index contributed by atoms with van der Waals surface area (Å²) in [5, 5.41) is 0. The SMILES string of the molecule is CC(C)C1(OC(=O)N2CCCCC2)CC2CC1C1C3CCC(C3)C21. The van der Waals surface area contributed by atoms with Crippen molar-refractivity contribution in [2.24, 2.45) is 41.4 Å². The zero-order valence-corrected chi connectivity index (χ0v) is 15.4. The third-order valence-electron chi connectivity index (χ3n) is 8.69. The molecule has 1 heterocycles. The third-order valence-corrected chi connectivity index (χ3v) is 8.69. The highest BCUT2D eigenvalue weighted by Gasteiger charge is 2.69. The Morgan fingerprint density at radius 3 is 2.42 bits per heavy atom. The Morgan fingerprint density at radius 2 is 1.71 bits per heavy atom. The summed E-state index contributed by atoms with van der Waals surface area (Å²) in [5.74, 6) is 5.75. The van der Waals surface area contributed by atoms with Crippen molar-refractivity contribution in [1.29, 1.82) is 0 Å². The molecule has 0 spiro atoms. The van der Waals surface area contributed by atoms with E-state index in [0.29, 0.717) is 11.8 Å². The number of fused-ring (bicyclic) bond motifs is 9. The first-order valence-corrected chi connectivity index (χ1v) is 10.6. The van der Waals surface area contributed by atoms with Crippen LogP contribution in [0.15, 0.2) is 0 Å². The van der Waals surface area contributed by atoms with Crippen LogP contribution < -0.4 is 0 Å². The van der Waals surface area contributed by atoms with Crippen molar-refractivity contribution in [3.8, 4) is 0 Å². The van der Waals surface area contributed by atoms with Gasteiger partial charge in [-0.25, -0.2) is 4.79 Å². The predicted molar refractivity (Wildman–Crippen MR) is 93.5 cm³/mol. The molecule has 5 fully saturated rings. The van der Waals surface area contributed by atoms with E-state index in [1.165, 1.54) is 32.1 Å². The second kappa shape index (κ2) is 5.38. The normalized spacial score (nSPS) is 49.0. The number of amides is 1. The van der Waals surface area contributed by atoms with Gasteiger partial charge in [-0.1, -0.05) is 13.8 Å². The smallest absolute Gasteiger partial charge is 0.410 e. The number of hydrogen-bond acceptors (Lipinski definition) is 2. The van der Waals surface area contributed by atoms with Crippen LogP contribution in [-0.4, -0.2) is 29.7 Å². The molecule has 7 unspecified atom stereocenters. The molecule has 3 heteroatoms. The molecule has 4 saturated carbocycles. The van der Waals surface area contributed by atoms with Crippen molar-refractivity contribution in [3.05, 3.63) is 0 Å². The maximum Gasteiger partial charge on any atom is 0.410 e. The van der Waals surface area contributed by atoms with Gasteiger partial charge >= 0.3 is 6.09 Å². The fourth-order valence-corrected chi connectivity index (χ4v) is 7.83. The Morgan fingerprint density at radius 1 is 1.00 bits per heavy atom. The minimum absolute atomic E-state index is 0.00402. The van der Waals surface area contributed by atoms with Crippen molar-refractivity contribution in [3.63, 3.8) is 0 Å². The van der Waals surface area contributed by atoms with Gasteiger partial charge < -0.3 is 9.64 Å². The fraction of sp³-hybridized carbons (Fsp3) is 0.952. The number of hydrogen-bond donors (Lipinski definition) is 0. The van der Waals surface area contributed by atoms with E-state index in [2.05, 4.69) is 13.8 Å². The minimum atomic E-state index is -0.162. The van der Waals surface area contributed by atoms with Crippen molar-refractivity contribution in [2.45, 2.75) is 70.8 Å². The molecule has 0 radical (unpaired) electrons. The van der Waals surface area contributed by atoms with E-state index in [1.807, 2.05) is 4.90 Å². The zero-order chi connectivity index (χ0) is 16.5. The van der Waals surface area contributed by atoms with Gasteiger partial charge in [0.05, 0.1) is 0 Å². The van der Waals surface area contributed by atoms with Crippen molar-refractivity contribution in [1.82, 2.24) is 4.90 Å². The Balaban J connectivity index is 1.39. The lowest BCUT2D eigenvalue weighted by Crippen LogP contribution is -2.53. The van der Waals surface area contributed by atoms with Crippen molar-refractivity contribution in [2.75, 3.05) is 13.1 Å². The molecule has 5 rings (SSSR count). The van der Waals surface area contributed by atoms with Crippen LogP contribution in [0, 0.1) is 41.4 Å². The Bertz CT molecular complexity index is 526. The van der Waals surface area contributed by atoms with Crippen LogP contribution in [0.4, 0.5) is 4.79 Å². The molecule has 3 nitrogen and oxygen atoms in total. The summed E-state index contributed by atoms with van der Waals surface area (Å²) >= 11 is 0. The van der Waals surface area contributed by atoms with Crippen molar-refractivity contribution >= 4 is 6.09 Å². The standard InChI is InChI=1S/C21H33NO2/c1-13(2)21(24-20(23)22-8-4-3-5-9-22)12-16-11-17(21)19-15-7-6-14(10-15)18(16)19/h13-19H,3-12H2,1-2H3. The Hall–Kier alpha value is -0.730. The van der Waals surface area contributed by atoms with Crippen LogP contribution in [0.5, 0.6) is 0 Å². The van der Waals surface area contributed by atoms with Crippen LogP contribution in [0.1, 0.15) is 65.2 Å². The average molecular weight is 332 g/mol. The highest BCUT2D eigenvalue weighted by Crippen LogP contribution is 2.71. The number of carbonyl (C=O) groups is 1. The maximum absolute atomic E-state index is 12.9. The first-order valence-electron chi connectivity index (χ1n) is 10.6. The van der Waals surface area contributed by atoms with Gasteiger partial charge in [0.15, 0.2) is 0 Å². The number of ether oxygens (including phenoxy) is 1. The second-order valence-corrected chi connectivity index (χ2v) is 9.82. The first kappa shape index (κ1) is 15.5. The fourth-order valence-electron chi connectivity index (χ4n) is 7.83. The summed E-state index contributed by atoms with van der Waals surface area (Å²) in [4.78, 5) is 14.9. The molecule has 0 aromatic heterocycles. The highest BCUT2D eigenvalue weighted by atomic mass is 16.6. The second-order valence-electron chi connectivity index (χ2n) is 9.82. The first-order chi connectivity index (χ1) is 11.6. The largest absolute Gasteiger partial charge is 0.442 e. The highest BCUT2D eigenvalue weighted by molar-refractivity contribution is 5.68. The van der Waals surface area contributed by atoms with Gasteiger partial charge in [0.1, 0.15) is 5.60 Å². The van der Waals surface area contributed by atoms with Gasteiger partial charge in [-0.05, 0) is 86.9 Å². The molecule has 1 aliphatic heterocycles. The van der Waals surface area contributed by atoms with Crippen molar-refractivity contribution < 1.29 is 9.53 Å². The number of rotatable bonds is 2. The maximum atomic E-state index is 12.9. The molecule has 4 bridgehead atoms. The minimum Gasteiger partial charge on any atom is -0.442 e. The van der Waals surface area contributed by atoms with Gasteiger partial charge in [0.2, 0.25) is 0 Å². The molecule has 7 atom stereocenters. The van der Waals surface area contributed by atoms with E-state index in [-0.39, 0.29) is 11.7 Å². The summed E-state index contributed by atoms with van der Waals surface area (Å²) in [5.41, 5.74) is -0.162. The summed E-state index contributed by atoms with van der Waals surface area (Å²) in [6.45, 7) is 6.40. The monoisotopic (exact) mass is 331 g/mol. The van der Waals surface area contributed by atoms with Crippen LogP contribution in [0.25, 0.3) is 0 Å². The lowest BCUT2D eigenvalue weighted by atomic mass is 9.63. The van der Waals surface area contributed by atoms with Gasteiger partial charge in [0, 0.05) is 19.0 Å². The van der Waals surface area contributed by atoms with Crippen LogP contribution in [0.3, 0.4) is 0 Å². The van der Waals surface area contributed by atoms with Crippen LogP contribution in [0.2, 0.25) is 0 Å². The molecule has 134 valence electrons. The molecule has 4 aliphatic carbocycles. The molecular weight excluding hydrogens is 298 g/mol. The van der Waals surface area contributed by atoms with Crippen LogP contribution in [-0.2, 0) is 4.74 Å². The Labute approximate surface area is 146 Å². The predicted octanol–water partition coefficient (Wildman–Crippen LogP) is 4.71. The number of piperidine rings is 1. The van der Waals surface area contributed by atoms with E-state index in [0.717, 1.165) is 61.9 Å². The summed E-state index contributed by atoms with van der Waals surface area (Å²) in [6.07, 6.45) is 10.4. The molecule has 1 saturated heterocycles. The van der Waals surface area contributed by atoms with E-state index in [4.69, 9.17) is 4.74 Å². The van der Waals surface area contributed by atoms with E-state index in [1.54, 1.807) is 0 Å². The molecule has 0 aromatic rings. The van der Waals surface area contributed by atoms with E-state index >= 15 is 0 Å². The van der Waals surface area contributed by atoms with E-state index in [9.17, 15) is 4.79 Å². The summed E-state index contributed by atoms with van der Waals surface area (Å²) < 4.78 is 6.44. The molecule has 24 heavy (non-hydrogen) atoms. The number of carbonyl (C=O) groups excluding carboxylic acids is 1. The number of likely N-dealkylation sites (tertiary alicyclic amines) is 1. The summed E-state index contributed by atoms with van der Waals surface area (Å²) in [6, 6.07) is 0. The Kier molecular flexibility index (Phi) is 3.48. The van der Waals surface area contributed by atoms with Gasteiger partial charge in [-0.2, -0.15) is 0 Å². The van der Waals surface area contributed by atoms with Gasteiger partial charge in [-0.3, -0.25) is 0 Å². The van der Waals surface area contributed by atoms with Gasteiger partial charge in [0.25, 0.3) is 0 Å². The molecule has 0 N–H and O–H groups in total. The lowest BCUT2D eigenvalue weighted by Gasteiger charge is -2.48. The molecule has 0 aromatic carbocycles. The van der Waals surface area contributed by atoms with E-state index < -0.39 is 0 Å². The number of nitrogens with zero attached hydrogens (tertiary/aromatic N) is 1. The molecule has 5 aliphatic rings. The third kappa shape index (κ3) is 1.99. The summed E-state index contributed by atoms with van der Waals surface area (Å²) in [7, 11) is 0. The molecule has 1 amide bonds. The lowest BCUT2D eigenvalue weighted by molar-refractivity contribution is -0.110. The van der Waals surface area contributed by atoms with Crippen LogP contribution >= 0.6 is 0 Å². The quantitative estimate of drug-likeness (QED) is 0.686. The molecular formula is C21H33NO2. The zero-order valence-electron chi connectivity index (χ0n) is 15.4.